The number of benzene rings is 2. The number of nitrogens with one attached hydrogen (secondary N) is 1. The predicted octanol–water partition coefficient (Wildman–Crippen LogP) is 3.26. The first-order valence-electron chi connectivity index (χ1n) is 6.51. The van der Waals surface area contributed by atoms with E-state index in [1.807, 2.05) is 30.3 Å². The molecule has 5 heteroatoms. The van der Waals surface area contributed by atoms with Gasteiger partial charge in [0.15, 0.2) is 0 Å². The quantitative estimate of drug-likeness (QED) is 0.861. The molecule has 0 aliphatic rings. The molecule has 0 aliphatic carbocycles. The Labute approximate surface area is 127 Å². The molecule has 2 aromatic carbocycles. The summed E-state index contributed by atoms with van der Waals surface area (Å²) in [6.07, 6.45) is 0.332. The van der Waals surface area contributed by atoms with Gasteiger partial charge >= 0.3 is 5.97 Å². The Hall–Kier alpha value is -1.91. The second kappa shape index (κ2) is 7.20. The summed E-state index contributed by atoms with van der Waals surface area (Å²) < 4.78 is 13.8. The monoisotopic (exact) mass is 307 g/mol. The summed E-state index contributed by atoms with van der Waals surface area (Å²) in [4.78, 5) is 11.3. The highest BCUT2D eigenvalue weighted by Crippen LogP contribution is 2.17. The minimum absolute atomic E-state index is 0.0317. The van der Waals surface area contributed by atoms with Crippen LogP contribution in [0.25, 0.3) is 0 Å². The highest BCUT2D eigenvalue weighted by Gasteiger charge is 2.18. The van der Waals surface area contributed by atoms with Crippen molar-refractivity contribution in [1.82, 2.24) is 5.32 Å². The first-order valence-corrected chi connectivity index (χ1v) is 6.88. The van der Waals surface area contributed by atoms with Gasteiger partial charge < -0.3 is 5.11 Å². The van der Waals surface area contributed by atoms with Crippen molar-refractivity contribution in [3.8, 4) is 0 Å². The summed E-state index contributed by atoms with van der Waals surface area (Å²) in [6.45, 7) is 0.107. The van der Waals surface area contributed by atoms with Crippen molar-refractivity contribution in [2.45, 2.75) is 19.0 Å². The summed E-state index contributed by atoms with van der Waals surface area (Å²) in [6, 6.07) is 13.2. The van der Waals surface area contributed by atoms with Gasteiger partial charge in [0.25, 0.3) is 0 Å². The number of aliphatic carboxylic acids is 1. The molecule has 2 aromatic rings. The van der Waals surface area contributed by atoms with Crippen molar-refractivity contribution in [1.29, 1.82) is 0 Å². The minimum atomic E-state index is -0.971. The van der Waals surface area contributed by atoms with Crippen LogP contribution in [0.4, 0.5) is 4.39 Å². The number of halogens is 2. The molecule has 0 saturated carbocycles. The van der Waals surface area contributed by atoms with Gasteiger partial charge in [0.1, 0.15) is 11.9 Å². The van der Waals surface area contributed by atoms with E-state index >= 15 is 0 Å². The third-order valence-electron chi connectivity index (χ3n) is 3.15. The van der Waals surface area contributed by atoms with E-state index in [-0.39, 0.29) is 11.6 Å². The van der Waals surface area contributed by atoms with Gasteiger partial charge in [-0.3, -0.25) is 10.1 Å². The van der Waals surface area contributed by atoms with E-state index in [1.54, 1.807) is 12.1 Å². The fourth-order valence-corrected chi connectivity index (χ4v) is 2.21. The third kappa shape index (κ3) is 4.28. The van der Waals surface area contributed by atoms with Crippen LogP contribution in [0, 0.1) is 5.82 Å². The van der Waals surface area contributed by atoms with Gasteiger partial charge in [0.05, 0.1) is 5.02 Å². The molecular weight excluding hydrogens is 293 g/mol. The van der Waals surface area contributed by atoms with Crippen molar-refractivity contribution in [2.24, 2.45) is 0 Å². The van der Waals surface area contributed by atoms with Crippen molar-refractivity contribution >= 4 is 17.6 Å². The molecule has 1 atom stereocenters. The fraction of sp³-hybridized carbons (Fsp3) is 0.188. The molecule has 21 heavy (non-hydrogen) atoms. The Morgan fingerprint density at radius 3 is 2.57 bits per heavy atom. The van der Waals surface area contributed by atoms with Crippen LogP contribution in [0.3, 0.4) is 0 Å². The van der Waals surface area contributed by atoms with Gasteiger partial charge in [-0.05, 0) is 18.1 Å². The number of carbonyl (C=O) groups is 1. The van der Waals surface area contributed by atoms with Crippen LogP contribution in [0.2, 0.25) is 5.02 Å². The standard InChI is InChI=1S/C16H15ClFNO2/c17-13-8-4-7-12(15(13)18)10-19-14(16(20)21)9-11-5-2-1-3-6-11/h1-8,14,19H,9-10H2,(H,20,21)/t14-/m0/s1. The van der Waals surface area contributed by atoms with Crippen molar-refractivity contribution in [3.05, 3.63) is 70.5 Å². The predicted molar refractivity (Wildman–Crippen MR) is 79.8 cm³/mol. The Kier molecular flexibility index (Phi) is 5.31. The zero-order chi connectivity index (χ0) is 15.2. The van der Waals surface area contributed by atoms with E-state index in [0.29, 0.717) is 12.0 Å². The molecule has 0 unspecified atom stereocenters. The molecule has 0 heterocycles. The Balaban J connectivity index is 2.04. The largest absolute Gasteiger partial charge is 0.480 e. The highest BCUT2D eigenvalue weighted by molar-refractivity contribution is 6.30. The molecule has 0 aromatic heterocycles. The summed E-state index contributed by atoms with van der Waals surface area (Å²) in [5, 5.41) is 12.1. The molecule has 0 fully saturated rings. The lowest BCUT2D eigenvalue weighted by Crippen LogP contribution is -2.38. The Morgan fingerprint density at radius 2 is 1.90 bits per heavy atom. The normalized spacial score (nSPS) is 12.1. The topological polar surface area (TPSA) is 49.3 Å². The van der Waals surface area contributed by atoms with Gasteiger partial charge in [-0.25, -0.2) is 4.39 Å². The molecule has 0 bridgehead atoms. The molecule has 2 N–H and O–H groups in total. The van der Waals surface area contributed by atoms with E-state index in [0.717, 1.165) is 5.56 Å². The molecule has 3 nitrogen and oxygen atoms in total. The molecule has 0 spiro atoms. The molecular formula is C16H15ClFNO2. The lowest BCUT2D eigenvalue weighted by molar-refractivity contribution is -0.139. The summed E-state index contributed by atoms with van der Waals surface area (Å²) in [5.74, 6) is -1.49. The van der Waals surface area contributed by atoms with Crippen molar-refractivity contribution in [2.75, 3.05) is 0 Å². The van der Waals surface area contributed by atoms with Gasteiger partial charge in [0.2, 0.25) is 0 Å². The maximum absolute atomic E-state index is 13.8. The smallest absolute Gasteiger partial charge is 0.321 e. The summed E-state index contributed by atoms with van der Waals surface area (Å²) >= 11 is 5.70. The average Bonchev–Trinajstić information content (AvgIpc) is 2.48. The van der Waals surface area contributed by atoms with Crippen LogP contribution in [-0.2, 0) is 17.8 Å². The maximum Gasteiger partial charge on any atom is 0.321 e. The van der Waals surface area contributed by atoms with Gasteiger partial charge in [-0.15, -0.1) is 0 Å². The number of hydrogen-bond acceptors (Lipinski definition) is 2. The van der Waals surface area contributed by atoms with Crippen LogP contribution >= 0.6 is 11.6 Å². The lowest BCUT2D eigenvalue weighted by atomic mass is 10.1. The Morgan fingerprint density at radius 1 is 1.19 bits per heavy atom. The van der Waals surface area contributed by atoms with E-state index < -0.39 is 17.8 Å². The molecule has 0 aliphatic heterocycles. The van der Waals surface area contributed by atoms with Crippen LogP contribution in [0.5, 0.6) is 0 Å². The zero-order valence-corrected chi connectivity index (χ0v) is 12.0. The molecule has 0 radical (unpaired) electrons. The van der Waals surface area contributed by atoms with Crippen LogP contribution in [0.1, 0.15) is 11.1 Å². The number of carboxylic acids is 1. The number of hydrogen-bond donors (Lipinski definition) is 2. The fourth-order valence-electron chi connectivity index (χ4n) is 2.01. The number of rotatable bonds is 6. The number of carboxylic acid groups (broad SMARTS) is 1. The van der Waals surface area contributed by atoms with Crippen LogP contribution in [0.15, 0.2) is 48.5 Å². The lowest BCUT2D eigenvalue weighted by Gasteiger charge is -2.15. The average molecular weight is 308 g/mol. The van der Waals surface area contributed by atoms with Gasteiger partial charge in [-0.1, -0.05) is 54.1 Å². The molecule has 110 valence electrons. The molecule has 0 amide bonds. The van der Waals surface area contributed by atoms with Crippen molar-refractivity contribution < 1.29 is 14.3 Å². The summed E-state index contributed by atoms with van der Waals surface area (Å²) in [5.41, 5.74) is 1.26. The van der Waals surface area contributed by atoms with E-state index in [1.165, 1.54) is 6.07 Å². The molecule has 0 saturated heterocycles. The van der Waals surface area contributed by atoms with E-state index in [4.69, 9.17) is 11.6 Å². The zero-order valence-electron chi connectivity index (χ0n) is 11.2. The Bertz CT molecular complexity index is 619. The maximum atomic E-state index is 13.8. The van der Waals surface area contributed by atoms with E-state index in [9.17, 15) is 14.3 Å². The highest BCUT2D eigenvalue weighted by atomic mass is 35.5. The SMILES string of the molecule is O=C(O)[C@H](Cc1ccccc1)NCc1cccc(Cl)c1F. The summed E-state index contributed by atoms with van der Waals surface area (Å²) in [7, 11) is 0. The van der Waals surface area contributed by atoms with E-state index in [2.05, 4.69) is 5.32 Å². The second-order valence-electron chi connectivity index (χ2n) is 4.67. The third-order valence-corrected chi connectivity index (χ3v) is 3.44. The van der Waals surface area contributed by atoms with Crippen LogP contribution < -0.4 is 5.32 Å². The first kappa shape index (κ1) is 15.5. The van der Waals surface area contributed by atoms with Crippen molar-refractivity contribution in [3.63, 3.8) is 0 Å². The van der Waals surface area contributed by atoms with Crippen LogP contribution in [-0.4, -0.2) is 17.1 Å². The molecule has 2 rings (SSSR count). The van der Waals surface area contributed by atoms with Gasteiger partial charge in [-0.2, -0.15) is 0 Å². The van der Waals surface area contributed by atoms with Gasteiger partial charge in [0, 0.05) is 12.1 Å². The minimum Gasteiger partial charge on any atom is -0.480 e. The second-order valence-corrected chi connectivity index (χ2v) is 5.08. The first-order chi connectivity index (χ1) is 10.1.